The van der Waals surface area contributed by atoms with Crippen LogP contribution in [0.2, 0.25) is 0 Å². The molecule has 0 saturated carbocycles. The van der Waals surface area contributed by atoms with Gasteiger partial charge in [0.25, 0.3) is 0 Å². The molecule has 27 heavy (non-hydrogen) atoms. The number of hydrogen-bond acceptors (Lipinski definition) is 3. The molecule has 2 rings (SSSR count). The second-order valence-corrected chi connectivity index (χ2v) is 6.53. The van der Waals surface area contributed by atoms with Gasteiger partial charge in [0, 0.05) is 19.2 Å². The van der Waals surface area contributed by atoms with Crippen LogP contribution in [0.15, 0.2) is 42.5 Å². The number of carbonyl (C=O) groups excluding carboxylic acids is 2. The number of nitrogens with zero attached hydrogens (tertiary/aromatic N) is 1. The molecule has 6 nitrogen and oxygen atoms in total. The smallest absolute Gasteiger partial charge is 0.335 e. The number of carboxylic acid groups (broad SMARTS) is 1. The highest BCUT2D eigenvalue weighted by atomic mass is 16.4. The minimum atomic E-state index is -1.01. The van der Waals surface area contributed by atoms with E-state index in [2.05, 4.69) is 5.32 Å². The maximum atomic E-state index is 12.3. The van der Waals surface area contributed by atoms with Crippen molar-refractivity contribution in [3.8, 4) is 0 Å². The minimum Gasteiger partial charge on any atom is -0.478 e. The Morgan fingerprint density at radius 2 is 1.63 bits per heavy atom. The molecule has 0 aliphatic carbocycles. The van der Waals surface area contributed by atoms with Gasteiger partial charge in [-0.15, -0.1) is 0 Å². The van der Waals surface area contributed by atoms with Gasteiger partial charge in [-0.25, -0.2) is 4.79 Å². The molecule has 0 fully saturated rings. The van der Waals surface area contributed by atoms with Gasteiger partial charge in [0.2, 0.25) is 11.8 Å². The molecule has 0 radical (unpaired) electrons. The zero-order valence-corrected chi connectivity index (χ0v) is 15.8. The number of hydrogen-bond donors (Lipinski definition) is 2. The van der Waals surface area contributed by atoms with E-state index in [0.29, 0.717) is 12.0 Å². The highest BCUT2D eigenvalue weighted by molar-refractivity contribution is 5.95. The van der Waals surface area contributed by atoms with E-state index >= 15 is 0 Å². The Kier molecular flexibility index (Phi) is 6.71. The summed E-state index contributed by atoms with van der Waals surface area (Å²) in [7, 11) is 1.57. The van der Waals surface area contributed by atoms with Crippen molar-refractivity contribution < 1.29 is 19.5 Å². The van der Waals surface area contributed by atoms with E-state index in [1.165, 1.54) is 11.0 Å². The predicted molar refractivity (Wildman–Crippen MR) is 104 cm³/mol. The number of benzene rings is 2. The minimum absolute atomic E-state index is 0.0623. The fourth-order valence-corrected chi connectivity index (χ4v) is 2.87. The number of aryl methyl sites for hydroxylation is 3. The molecule has 0 heterocycles. The van der Waals surface area contributed by atoms with Gasteiger partial charge in [0.1, 0.15) is 0 Å². The van der Waals surface area contributed by atoms with Gasteiger partial charge in [-0.3, -0.25) is 9.59 Å². The second-order valence-electron chi connectivity index (χ2n) is 6.53. The number of amides is 2. The lowest BCUT2D eigenvalue weighted by Crippen LogP contribution is -2.35. The lowest BCUT2D eigenvalue weighted by molar-refractivity contribution is -0.133. The predicted octanol–water partition coefficient (Wildman–Crippen LogP) is 3.03. The molecular formula is C21H24N2O4. The third-order valence-electron chi connectivity index (χ3n) is 4.41. The van der Waals surface area contributed by atoms with Crippen molar-refractivity contribution in [2.24, 2.45) is 0 Å². The summed E-state index contributed by atoms with van der Waals surface area (Å²) in [4.78, 5) is 37.2. The zero-order valence-electron chi connectivity index (χ0n) is 15.8. The molecule has 0 aliphatic heterocycles. The largest absolute Gasteiger partial charge is 0.478 e. The second kappa shape index (κ2) is 8.98. The average Bonchev–Trinajstić information content (AvgIpc) is 2.63. The monoisotopic (exact) mass is 368 g/mol. The number of carbonyl (C=O) groups is 3. The Labute approximate surface area is 158 Å². The van der Waals surface area contributed by atoms with Crippen LogP contribution in [-0.2, 0) is 16.0 Å². The van der Waals surface area contributed by atoms with Crippen LogP contribution in [0.3, 0.4) is 0 Å². The molecule has 2 aromatic rings. The summed E-state index contributed by atoms with van der Waals surface area (Å²) < 4.78 is 0. The van der Waals surface area contributed by atoms with Crippen molar-refractivity contribution >= 4 is 23.5 Å². The molecule has 0 aliphatic rings. The number of rotatable bonds is 7. The van der Waals surface area contributed by atoms with Gasteiger partial charge in [0.05, 0.1) is 12.1 Å². The number of aromatic carboxylic acids is 1. The highest BCUT2D eigenvalue weighted by Crippen LogP contribution is 2.19. The average molecular weight is 368 g/mol. The Hall–Kier alpha value is -3.15. The fourth-order valence-electron chi connectivity index (χ4n) is 2.87. The molecule has 2 aromatic carbocycles. The molecule has 0 atom stereocenters. The van der Waals surface area contributed by atoms with E-state index in [0.717, 1.165) is 16.8 Å². The van der Waals surface area contributed by atoms with E-state index in [-0.39, 0.29) is 30.3 Å². The normalized spacial score (nSPS) is 10.3. The molecule has 142 valence electrons. The lowest BCUT2D eigenvalue weighted by Gasteiger charge is -2.18. The molecular weight excluding hydrogens is 344 g/mol. The van der Waals surface area contributed by atoms with Gasteiger partial charge in [-0.2, -0.15) is 0 Å². The van der Waals surface area contributed by atoms with Gasteiger partial charge < -0.3 is 15.3 Å². The lowest BCUT2D eigenvalue weighted by atomic mass is 10.0. The summed E-state index contributed by atoms with van der Waals surface area (Å²) in [6, 6.07) is 12.4. The first kappa shape index (κ1) is 20.2. The number of anilines is 1. The molecule has 0 unspecified atom stereocenters. The van der Waals surface area contributed by atoms with E-state index < -0.39 is 5.97 Å². The van der Waals surface area contributed by atoms with Crippen LogP contribution in [-0.4, -0.2) is 41.4 Å². The number of likely N-dealkylation sites (N-methyl/N-ethyl adjacent to an activating group) is 1. The summed E-state index contributed by atoms with van der Waals surface area (Å²) >= 11 is 0. The fraction of sp³-hybridized carbons (Fsp3) is 0.286. The van der Waals surface area contributed by atoms with Gasteiger partial charge >= 0.3 is 5.97 Å². The van der Waals surface area contributed by atoms with Crippen LogP contribution in [0.25, 0.3) is 0 Å². The van der Waals surface area contributed by atoms with Crippen LogP contribution in [0.4, 0.5) is 5.69 Å². The van der Waals surface area contributed by atoms with E-state index in [9.17, 15) is 19.5 Å². The molecule has 2 N–H and O–H groups in total. The number of carboxylic acids is 1. The van der Waals surface area contributed by atoms with Crippen molar-refractivity contribution in [3.63, 3.8) is 0 Å². The first-order valence-corrected chi connectivity index (χ1v) is 8.71. The van der Waals surface area contributed by atoms with Crippen LogP contribution in [0, 0.1) is 13.8 Å². The number of para-hydroxylation sites is 1. The van der Waals surface area contributed by atoms with Crippen molar-refractivity contribution in [3.05, 3.63) is 64.7 Å². The number of nitrogens with one attached hydrogen (secondary N) is 1. The molecule has 0 saturated heterocycles. The third kappa shape index (κ3) is 5.41. The summed E-state index contributed by atoms with van der Waals surface area (Å²) in [5, 5.41) is 12.0. The molecule has 0 spiro atoms. The molecule has 2 amide bonds. The summed E-state index contributed by atoms with van der Waals surface area (Å²) in [6.45, 7) is 3.77. The SMILES string of the molecule is Cc1cccc(C)c1NC(=O)CN(C)C(=O)CCc1ccccc1C(=O)O. The van der Waals surface area contributed by atoms with Crippen molar-refractivity contribution in [1.82, 2.24) is 4.90 Å². The Balaban J connectivity index is 1.92. The molecule has 6 heteroatoms. The third-order valence-corrected chi connectivity index (χ3v) is 4.41. The van der Waals surface area contributed by atoms with Gasteiger partial charge in [0.15, 0.2) is 0 Å². The first-order chi connectivity index (χ1) is 12.8. The van der Waals surface area contributed by atoms with E-state index in [1.54, 1.807) is 25.2 Å². The Morgan fingerprint density at radius 3 is 2.26 bits per heavy atom. The Bertz CT molecular complexity index is 841. The maximum Gasteiger partial charge on any atom is 0.335 e. The highest BCUT2D eigenvalue weighted by Gasteiger charge is 2.16. The quantitative estimate of drug-likeness (QED) is 0.786. The van der Waals surface area contributed by atoms with Crippen LogP contribution in [0.1, 0.15) is 33.5 Å². The Morgan fingerprint density at radius 1 is 1.00 bits per heavy atom. The topological polar surface area (TPSA) is 86.7 Å². The van der Waals surface area contributed by atoms with E-state index in [1.807, 2.05) is 32.0 Å². The van der Waals surface area contributed by atoms with Crippen molar-refractivity contribution in [2.75, 3.05) is 18.9 Å². The summed E-state index contributed by atoms with van der Waals surface area (Å²) in [5.41, 5.74) is 3.48. The zero-order chi connectivity index (χ0) is 20.0. The maximum absolute atomic E-state index is 12.3. The van der Waals surface area contributed by atoms with Crippen molar-refractivity contribution in [2.45, 2.75) is 26.7 Å². The van der Waals surface area contributed by atoms with Crippen molar-refractivity contribution in [1.29, 1.82) is 0 Å². The van der Waals surface area contributed by atoms with Crippen LogP contribution < -0.4 is 5.32 Å². The summed E-state index contributed by atoms with van der Waals surface area (Å²) in [6.07, 6.45) is 0.446. The van der Waals surface area contributed by atoms with Crippen LogP contribution in [0.5, 0.6) is 0 Å². The summed E-state index contributed by atoms with van der Waals surface area (Å²) in [5.74, 6) is -1.50. The van der Waals surface area contributed by atoms with E-state index in [4.69, 9.17) is 0 Å². The van der Waals surface area contributed by atoms with Crippen LogP contribution >= 0.6 is 0 Å². The standard InChI is InChI=1S/C21H24N2O4/c1-14-7-6-8-15(2)20(14)22-18(24)13-23(3)19(25)12-11-16-9-4-5-10-17(16)21(26)27/h4-10H,11-13H2,1-3H3,(H,22,24)(H,26,27). The molecule has 0 aromatic heterocycles. The molecule has 0 bridgehead atoms. The first-order valence-electron chi connectivity index (χ1n) is 8.71. The van der Waals surface area contributed by atoms with Gasteiger partial charge in [-0.05, 0) is 43.0 Å². The van der Waals surface area contributed by atoms with Gasteiger partial charge in [-0.1, -0.05) is 36.4 Å².